The lowest BCUT2D eigenvalue weighted by molar-refractivity contribution is 0.188. The highest BCUT2D eigenvalue weighted by Gasteiger charge is 2.22. The largest absolute Gasteiger partial charge is 0.388 e. The van der Waals surface area contributed by atoms with Crippen LogP contribution in [0.2, 0.25) is 0 Å². The monoisotopic (exact) mass is 250 g/mol. The fourth-order valence-electron chi connectivity index (χ4n) is 2.81. The lowest BCUT2D eigenvalue weighted by Crippen LogP contribution is -2.19. The lowest BCUT2D eigenvalue weighted by Gasteiger charge is -2.26. The predicted octanol–water partition coefficient (Wildman–Crippen LogP) is 5.15. The van der Waals surface area contributed by atoms with Gasteiger partial charge in [0.1, 0.15) is 0 Å². The number of unbranched alkanes of at least 4 members (excludes halogenated alkanes) is 3. The first-order chi connectivity index (χ1) is 8.70. The van der Waals surface area contributed by atoms with Gasteiger partial charge in [-0.1, -0.05) is 44.8 Å². The van der Waals surface area contributed by atoms with Crippen LogP contribution in [0.5, 0.6) is 0 Å². The molecule has 1 rings (SSSR count). The molecule has 1 N–H and O–H groups in total. The van der Waals surface area contributed by atoms with Gasteiger partial charge in [0.15, 0.2) is 0 Å². The summed E-state index contributed by atoms with van der Waals surface area (Å²) in [5.41, 5.74) is 4.15. The van der Waals surface area contributed by atoms with Crippen molar-refractivity contribution in [2.75, 3.05) is 0 Å². The summed E-state index contributed by atoms with van der Waals surface area (Å²) in [4.78, 5) is 0. The molecule has 1 aliphatic rings. The Balaban J connectivity index is 2.81. The second kappa shape index (κ2) is 8.53. The van der Waals surface area contributed by atoms with E-state index in [0.29, 0.717) is 0 Å². The summed E-state index contributed by atoms with van der Waals surface area (Å²) in [6, 6.07) is 0. The van der Waals surface area contributed by atoms with Crippen molar-refractivity contribution in [3.8, 4) is 0 Å². The fourth-order valence-corrected chi connectivity index (χ4v) is 2.81. The molecule has 0 aromatic heterocycles. The Hall–Kier alpha value is -0.560. The van der Waals surface area contributed by atoms with Gasteiger partial charge in [-0.15, -0.1) is 0 Å². The molecule has 1 atom stereocenters. The molecule has 18 heavy (non-hydrogen) atoms. The van der Waals surface area contributed by atoms with Gasteiger partial charge in [-0.05, 0) is 56.6 Å². The third kappa shape index (κ3) is 4.61. The van der Waals surface area contributed by atoms with Crippen molar-refractivity contribution in [2.45, 2.75) is 84.7 Å². The smallest absolute Gasteiger partial charge is 0.0792 e. The van der Waals surface area contributed by atoms with Gasteiger partial charge >= 0.3 is 0 Å². The molecule has 0 amide bonds. The fraction of sp³-hybridized carbons (Fsp3) is 0.765. The molecule has 0 aliphatic heterocycles. The highest BCUT2D eigenvalue weighted by molar-refractivity contribution is 5.39. The van der Waals surface area contributed by atoms with Crippen LogP contribution < -0.4 is 0 Å². The first kappa shape index (κ1) is 15.5. The number of aliphatic hydroxyl groups excluding tert-OH is 1. The standard InChI is InChI=1S/C17H30O/c1-4-6-8-11-15-12-9-13-16(18)17(15)14(3)10-7-5-2/h11,16,18H,4-10,12-13H2,1-3H3/b15-11-,17-14+. The van der Waals surface area contributed by atoms with Crippen molar-refractivity contribution in [2.24, 2.45) is 0 Å². The SMILES string of the molecule is CCCC/C=C1/CCCC(O)/C1=C(\C)CCCC. The number of hydrogen-bond acceptors (Lipinski definition) is 1. The molecule has 0 spiro atoms. The zero-order valence-electron chi connectivity index (χ0n) is 12.5. The molecule has 1 fully saturated rings. The Labute approximate surface area is 113 Å². The van der Waals surface area contributed by atoms with Crippen LogP contribution in [-0.4, -0.2) is 11.2 Å². The predicted molar refractivity (Wildman–Crippen MR) is 79.7 cm³/mol. The van der Waals surface area contributed by atoms with Crippen molar-refractivity contribution in [3.05, 3.63) is 22.8 Å². The number of allylic oxidation sites excluding steroid dienone is 2. The van der Waals surface area contributed by atoms with Crippen LogP contribution in [0.25, 0.3) is 0 Å². The molecule has 0 aromatic carbocycles. The summed E-state index contributed by atoms with van der Waals surface area (Å²) < 4.78 is 0. The Kier molecular flexibility index (Phi) is 7.34. The molecule has 0 saturated heterocycles. The van der Waals surface area contributed by atoms with E-state index in [4.69, 9.17) is 0 Å². The summed E-state index contributed by atoms with van der Waals surface area (Å²) in [5.74, 6) is 0. The Morgan fingerprint density at radius 1 is 1.28 bits per heavy atom. The van der Waals surface area contributed by atoms with Gasteiger partial charge in [-0.3, -0.25) is 0 Å². The van der Waals surface area contributed by atoms with E-state index < -0.39 is 0 Å². The summed E-state index contributed by atoms with van der Waals surface area (Å²) >= 11 is 0. The first-order valence-corrected chi connectivity index (χ1v) is 7.77. The van der Waals surface area contributed by atoms with Crippen molar-refractivity contribution >= 4 is 0 Å². The summed E-state index contributed by atoms with van der Waals surface area (Å²) in [6.45, 7) is 6.68. The Morgan fingerprint density at radius 3 is 2.67 bits per heavy atom. The van der Waals surface area contributed by atoms with E-state index in [0.717, 1.165) is 19.3 Å². The zero-order chi connectivity index (χ0) is 13.4. The quantitative estimate of drug-likeness (QED) is 0.646. The van der Waals surface area contributed by atoms with Crippen LogP contribution >= 0.6 is 0 Å². The second-order valence-electron chi connectivity index (χ2n) is 5.58. The molecule has 0 bridgehead atoms. The van der Waals surface area contributed by atoms with E-state index in [1.807, 2.05) is 0 Å². The van der Waals surface area contributed by atoms with Gasteiger partial charge in [-0.25, -0.2) is 0 Å². The van der Waals surface area contributed by atoms with Gasteiger partial charge in [0.05, 0.1) is 6.10 Å². The molecule has 0 radical (unpaired) electrons. The maximum absolute atomic E-state index is 10.3. The minimum Gasteiger partial charge on any atom is -0.388 e. The second-order valence-corrected chi connectivity index (χ2v) is 5.58. The van der Waals surface area contributed by atoms with Crippen LogP contribution in [0.1, 0.15) is 78.6 Å². The third-order valence-corrected chi connectivity index (χ3v) is 3.92. The Morgan fingerprint density at radius 2 is 2.00 bits per heavy atom. The van der Waals surface area contributed by atoms with E-state index in [9.17, 15) is 5.11 Å². The van der Waals surface area contributed by atoms with Crippen LogP contribution in [-0.2, 0) is 0 Å². The van der Waals surface area contributed by atoms with Crippen LogP contribution in [0.4, 0.5) is 0 Å². The topological polar surface area (TPSA) is 20.2 Å². The molecule has 1 heteroatoms. The number of hydrogen-bond donors (Lipinski definition) is 1. The van der Waals surface area contributed by atoms with E-state index in [1.54, 1.807) is 0 Å². The van der Waals surface area contributed by atoms with Gasteiger partial charge in [0.25, 0.3) is 0 Å². The molecule has 1 aliphatic carbocycles. The molecular formula is C17H30O. The van der Waals surface area contributed by atoms with Gasteiger partial charge in [-0.2, -0.15) is 0 Å². The van der Waals surface area contributed by atoms with E-state index in [1.165, 1.54) is 55.2 Å². The van der Waals surface area contributed by atoms with Gasteiger partial charge in [0, 0.05) is 0 Å². The normalized spacial score (nSPS) is 25.6. The van der Waals surface area contributed by atoms with Gasteiger partial charge < -0.3 is 5.11 Å². The zero-order valence-corrected chi connectivity index (χ0v) is 12.5. The molecule has 0 aromatic rings. The molecule has 0 heterocycles. The maximum Gasteiger partial charge on any atom is 0.0792 e. The van der Waals surface area contributed by atoms with E-state index >= 15 is 0 Å². The molecule has 1 nitrogen and oxygen atoms in total. The molecule has 1 saturated carbocycles. The van der Waals surface area contributed by atoms with Crippen LogP contribution in [0.15, 0.2) is 22.8 Å². The highest BCUT2D eigenvalue weighted by Crippen LogP contribution is 2.33. The van der Waals surface area contributed by atoms with E-state index in [2.05, 4.69) is 26.8 Å². The van der Waals surface area contributed by atoms with Crippen LogP contribution in [0.3, 0.4) is 0 Å². The number of aliphatic hydroxyl groups is 1. The van der Waals surface area contributed by atoms with Gasteiger partial charge in [0.2, 0.25) is 0 Å². The summed E-state index contributed by atoms with van der Waals surface area (Å²) in [5, 5.41) is 10.3. The maximum atomic E-state index is 10.3. The van der Waals surface area contributed by atoms with Crippen molar-refractivity contribution < 1.29 is 5.11 Å². The Bertz CT molecular complexity index is 299. The summed E-state index contributed by atoms with van der Waals surface area (Å²) in [6.07, 6.45) is 12.7. The molecule has 104 valence electrons. The van der Waals surface area contributed by atoms with Crippen molar-refractivity contribution in [1.29, 1.82) is 0 Å². The van der Waals surface area contributed by atoms with Crippen molar-refractivity contribution in [1.82, 2.24) is 0 Å². The van der Waals surface area contributed by atoms with E-state index in [-0.39, 0.29) is 6.10 Å². The number of rotatable bonds is 6. The average molecular weight is 250 g/mol. The minimum atomic E-state index is -0.205. The first-order valence-electron chi connectivity index (χ1n) is 7.77. The van der Waals surface area contributed by atoms with Crippen LogP contribution in [0, 0.1) is 0 Å². The minimum absolute atomic E-state index is 0.205. The lowest BCUT2D eigenvalue weighted by atomic mass is 9.82. The molecular weight excluding hydrogens is 220 g/mol. The summed E-state index contributed by atoms with van der Waals surface area (Å²) in [7, 11) is 0. The molecule has 1 unspecified atom stereocenters. The highest BCUT2D eigenvalue weighted by atomic mass is 16.3. The average Bonchev–Trinajstić information content (AvgIpc) is 2.36. The van der Waals surface area contributed by atoms with Crippen molar-refractivity contribution in [3.63, 3.8) is 0 Å². The third-order valence-electron chi connectivity index (χ3n) is 3.92.